The van der Waals surface area contributed by atoms with Crippen LogP contribution in [-0.4, -0.2) is 19.9 Å². The lowest BCUT2D eigenvalue weighted by Crippen LogP contribution is -2.31. The summed E-state index contributed by atoms with van der Waals surface area (Å²) in [5.74, 6) is 0. The minimum Gasteiger partial charge on any atom is -0.368 e. The molecule has 2 aromatic carbocycles. The second-order valence-corrected chi connectivity index (χ2v) is 9.55. The van der Waals surface area contributed by atoms with Crippen LogP contribution < -0.4 is 9.75 Å². The van der Waals surface area contributed by atoms with E-state index in [0.717, 1.165) is 30.6 Å². The molecule has 3 nitrogen and oxygen atoms in total. The first-order chi connectivity index (χ1) is 13.1. The lowest BCUT2D eigenvalue weighted by atomic mass is 10.2. The van der Waals surface area contributed by atoms with Gasteiger partial charge in [-0.3, -0.25) is 0 Å². The molecule has 5 heteroatoms. The summed E-state index contributed by atoms with van der Waals surface area (Å²) >= 11 is 1.74. The molecule has 0 radical (unpaired) electrons. The fourth-order valence-corrected chi connectivity index (χ4v) is 5.32. The zero-order chi connectivity index (χ0) is 18.9. The Balaban J connectivity index is 1.53. The summed E-state index contributed by atoms with van der Waals surface area (Å²) in [6.07, 6.45) is 5.30. The number of rotatable bonds is 5. The zero-order valence-corrected chi connectivity index (χ0v) is 16.8. The predicted molar refractivity (Wildman–Crippen MR) is 111 cm³/mol. The van der Waals surface area contributed by atoms with Gasteiger partial charge in [-0.05, 0) is 58.5 Å². The highest BCUT2D eigenvalue weighted by Gasteiger charge is 2.17. The normalized spacial score (nSPS) is 13.6. The van der Waals surface area contributed by atoms with Gasteiger partial charge >= 0.3 is 0 Å². The largest absolute Gasteiger partial charge is 0.368 e. The van der Waals surface area contributed by atoms with Crippen LogP contribution in [0.5, 0.6) is 0 Å². The van der Waals surface area contributed by atoms with Crippen LogP contribution in [0.1, 0.15) is 18.1 Å². The molecule has 0 saturated carbocycles. The van der Waals surface area contributed by atoms with E-state index >= 15 is 0 Å². The van der Waals surface area contributed by atoms with E-state index in [9.17, 15) is 8.42 Å². The summed E-state index contributed by atoms with van der Waals surface area (Å²) in [4.78, 5) is 2.92. The average molecular weight is 396 g/mol. The van der Waals surface area contributed by atoms with E-state index in [1.165, 1.54) is 9.75 Å². The van der Waals surface area contributed by atoms with Gasteiger partial charge in [-0.2, -0.15) is 0 Å². The minimum absolute atomic E-state index is 0.338. The van der Waals surface area contributed by atoms with Crippen molar-refractivity contribution >= 4 is 33.5 Å². The number of sulfone groups is 1. The molecule has 2 heterocycles. The maximum Gasteiger partial charge on any atom is 0.206 e. The quantitative estimate of drug-likeness (QED) is 0.666. The van der Waals surface area contributed by atoms with Gasteiger partial charge in [0.2, 0.25) is 9.84 Å². The van der Waals surface area contributed by atoms with Gasteiger partial charge in [0.15, 0.2) is 0 Å². The van der Waals surface area contributed by atoms with Gasteiger partial charge in [0, 0.05) is 23.8 Å². The fourth-order valence-electron chi connectivity index (χ4n) is 3.20. The molecule has 0 N–H and O–H groups in total. The maximum atomic E-state index is 12.8. The van der Waals surface area contributed by atoms with E-state index in [1.54, 1.807) is 35.6 Å². The zero-order valence-electron chi connectivity index (χ0n) is 15.1. The van der Waals surface area contributed by atoms with Crippen molar-refractivity contribution in [3.63, 3.8) is 0 Å². The Bertz CT molecular complexity index is 1160. The van der Waals surface area contributed by atoms with Crippen LogP contribution >= 0.6 is 11.3 Å². The van der Waals surface area contributed by atoms with Gasteiger partial charge in [0.05, 0.1) is 9.79 Å². The van der Waals surface area contributed by atoms with Gasteiger partial charge in [0.25, 0.3) is 0 Å². The first kappa shape index (κ1) is 18.0. The molecular weight excluding hydrogens is 374 g/mol. The molecule has 0 amide bonds. The molecule has 1 aromatic heterocycles. The lowest BCUT2D eigenvalue weighted by molar-refractivity contribution is 0.455. The van der Waals surface area contributed by atoms with Crippen molar-refractivity contribution in [2.45, 2.75) is 29.7 Å². The molecule has 0 bridgehead atoms. The molecule has 0 atom stereocenters. The Morgan fingerprint density at radius 1 is 0.926 bits per heavy atom. The number of hydrogen-bond donors (Lipinski definition) is 0. The predicted octanol–water partition coefficient (Wildman–Crippen LogP) is 3.18. The average Bonchev–Trinajstić information content (AvgIpc) is 3.16. The van der Waals surface area contributed by atoms with Gasteiger partial charge in [-0.25, -0.2) is 8.42 Å². The second kappa shape index (κ2) is 7.33. The van der Waals surface area contributed by atoms with Crippen molar-refractivity contribution in [2.75, 3.05) is 6.54 Å². The standard InChI is InChI=1S/C22H21NO2S2/c1-2-17-3-7-20(8-4-17)27(24,25)21-9-5-18(6-10-21)15-23-13-11-19-12-14-26-22(19)16-23/h3-12,14,16H,2,13,15H2,1H3. The summed E-state index contributed by atoms with van der Waals surface area (Å²) in [5, 5.41) is 3.40. The molecular formula is C22H21NO2S2. The van der Waals surface area contributed by atoms with Gasteiger partial charge < -0.3 is 4.90 Å². The van der Waals surface area contributed by atoms with Crippen LogP contribution in [0.25, 0.3) is 12.3 Å². The van der Waals surface area contributed by atoms with E-state index in [0.29, 0.717) is 9.79 Å². The van der Waals surface area contributed by atoms with E-state index in [4.69, 9.17) is 0 Å². The molecule has 27 heavy (non-hydrogen) atoms. The topological polar surface area (TPSA) is 37.4 Å². The van der Waals surface area contributed by atoms with Gasteiger partial charge in [-0.1, -0.05) is 37.3 Å². The number of aryl methyl sites for hydroxylation is 1. The van der Waals surface area contributed by atoms with E-state index in [2.05, 4.69) is 35.5 Å². The number of thiophene rings is 1. The van der Waals surface area contributed by atoms with Crippen molar-refractivity contribution < 1.29 is 8.42 Å². The maximum absolute atomic E-state index is 12.8. The third-order valence-electron chi connectivity index (χ3n) is 4.83. The molecule has 0 unspecified atom stereocenters. The van der Waals surface area contributed by atoms with Crippen molar-refractivity contribution in [2.24, 2.45) is 0 Å². The first-order valence-electron chi connectivity index (χ1n) is 8.99. The van der Waals surface area contributed by atoms with Crippen molar-refractivity contribution in [1.29, 1.82) is 0 Å². The molecule has 1 aliphatic rings. The molecule has 0 saturated heterocycles. The van der Waals surface area contributed by atoms with Crippen LogP contribution in [0.4, 0.5) is 0 Å². The summed E-state index contributed by atoms with van der Waals surface area (Å²) in [7, 11) is -3.47. The lowest BCUT2D eigenvalue weighted by Gasteiger charge is -2.20. The highest BCUT2D eigenvalue weighted by Crippen LogP contribution is 2.22. The molecule has 138 valence electrons. The van der Waals surface area contributed by atoms with Crippen molar-refractivity contribution in [1.82, 2.24) is 4.90 Å². The third kappa shape index (κ3) is 3.70. The van der Waals surface area contributed by atoms with Crippen LogP contribution in [0.15, 0.2) is 69.8 Å². The van der Waals surface area contributed by atoms with Gasteiger partial charge in [0.1, 0.15) is 0 Å². The van der Waals surface area contributed by atoms with Crippen molar-refractivity contribution in [3.8, 4) is 0 Å². The third-order valence-corrected chi connectivity index (χ3v) is 7.49. The van der Waals surface area contributed by atoms with Crippen molar-refractivity contribution in [3.05, 3.63) is 80.9 Å². The monoisotopic (exact) mass is 395 g/mol. The highest BCUT2D eigenvalue weighted by molar-refractivity contribution is 7.91. The Hall–Kier alpha value is -2.37. The van der Waals surface area contributed by atoms with Crippen LogP contribution in [0, 0.1) is 0 Å². The summed E-state index contributed by atoms with van der Waals surface area (Å²) in [6, 6.07) is 16.5. The van der Waals surface area contributed by atoms with Crippen LogP contribution in [0.2, 0.25) is 0 Å². The molecule has 4 rings (SSSR count). The van der Waals surface area contributed by atoms with Gasteiger partial charge in [-0.15, -0.1) is 11.3 Å². The second-order valence-electron chi connectivity index (χ2n) is 6.65. The molecule has 0 fully saturated rings. The number of benzene rings is 2. The summed E-state index contributed by atoms with van der Waals surface area (Å²) in [5.41, 5.74) is 2.23. The summed E-state index contributed by atoms with van der Waals surface area (Å²) < 4.78 is 26.9. The molecule has 0 aliphatic carbocycles. The Labute approximate surface area is 163 Å². The SMILES string of the molecule is CCc1ccc(S(=O)(=O)c2ccc(CN3C=c4sccc4=CC3)cc2)cc1. The summed E-state index contributed by atoms with van der Waals surface area (Å²) in [6.45, 7) is 3.69. The first-order valence-corrected chi connectivity index (χ1v) is 11.3. The number of fused-ring (bicyclic) bond motifs is 1. The molecule has 1 aliphatic heterocycles. The fraction of sp³-hybridized carbons (Fsp3) is 0.182. The highest BCUT2D eigenvalue weighted by atomic mass is 32.2. The molecule has 3 aromatic rings. The smallest absolute Gasteiger partial charge is 0.206 e. The van der Waals surface area contributed by atoms with E-state index < -0.39 is 9.84 Å². The van der Waals surface area contributed by atoms with E-state index in [1.807, 2.05) is 24.3 Å². The van der Waals surface area contributed by atoms with Crippen LogP contribution in [-0.2, 0) is 22.8 Å². The Morgan fingerprint density at radius 2 is 1.56 bits per heavy atom. The van der Waals surface area contributed by atoms with E-state index in [-0.39, 0.29) is 0 Å². The molecule has 0 spiro atoms. The van der Waals surface area contributed by atoms with Crippen LogP contribution in [0.3, 0.4) is 0 Å². The number of nitrogens with zero attached hydrogens (tertiary/aromatic N) is 1. The minimum atomic E-state index is -3.47. The Kier molecular flexibility index (Phi) is 4.89. The Morgan fingerprint density at radius 3 is 2.19 bits per heavy atom. The number of hydrogen-bond acceptors (Lipinski definition) is 4.